The van der Waals surface area contributed by atoms with Crippen molar-refractivity contribution in [1.29, 1.82) is 0 Å². The Balaban J connectivity index is 1.66. The minimum Gasteiger partial charge on any atom is -0.494 e. The van der Waals surface area contributed by atoms with Crippen LogP contribution >= 0.6 is 23.2 Å². The number of imidazole rings is 1. The lowest BCUT2D eigenvalue weighted by molar-refractivity contribution is -0.115. The molecule has 0 saturated carbocycles. The number of amides is 1. The number of benzene rings is 2. The number of anilines is 1. The maximum atomic E-state index is 12.7. The lowest BCUT2D eigenvalue weighted by Crippen LogP contribution is -2.15. The minimum absolute atomic E-state index is 0.0504. The van der Waals surface area contributed by atoms with Gasteiger partial charge >= 0.3 is 0 Å². The fraction of sp³-hybridized carbons (Fsp3) is 0.174. The molecule has 1 amide bonds. The highest BCUT2D eigenvalue weighted by Gasteiger charge is 2.19. The fourth-order valence-electron chi connectivity index (χ4n) is 3.45. The number of pyridine rings is 1. The quantitative estimate of drug-likeness (QED) is 0.396. The summed E-state index contributed by atoms with van der Waals surface area (Å²) in [7, 11) is 1.61. The average Bonchev–Trinajstić information content (AvgIpc) is 3.23. The number of carbonyl (C=O) groups excluding carboxylic acids is 1. The normalized spacial score (nSPS) is 12.0. The lowest BCUT2D eigenvalue weighted by Gasteiger charge is -2.09. The van der Waals surface area contributed by atoms with Crippen molar-refractivity contribution in [2.24, 2.45) is 0 Å². The molecule has 6 nitrogen and oxygen atoms in total. The molecule has 2 aromatic carbocycles. The molecule has 1 atom stereocenters. The van der Waals surface area contributed by atoms with Gasteiger partial charge in [0.1, 0.15) is 17.1 Å². The van der Waals surface area contributed by atoms with Crippen LogP contribution in [0.5, 0.6) is 5.75 Å². The zero-order valence-corrected chi connectivity index (χ0v) is 18.5. The second kappa shape index (κ2) is 8.96. The van der Waals surface area contributed by atoms with E-state index in [1.807, 2.05) is 30.3 Å². The van der Waals surface area contributed by atoms with Crippen molar-refractivity contribution >= 4 is 45.8 Å². The number of aromatic nitrogens is 3. The van der Waals surface area contributed by atoms with E-state index < -0.39 is 0 Å². The molecule has 0 radical (unpaired) electrons. The summed E-state index contributed by atoms with van der Waals surface area (Å²) in [6.07, 6.45) is 2.96. The summed E-state index contributed by atoms with van der Waals surface area (Å²) in [6, 6.07) is 13.8. The highest BCUT2D eigenvalue weighted by atomic mass is 35.5. The van der Waals surface area contributed by atoms with E-state index >= 15 is 0 Å². The standard InChI is InChI=1S/C23H20Cl2N4O2/c1-13(14-6-4-3-5-7-14)23-28-20-15(8-9-18(31-2)22(20)29-23)10-19(30)27-21-16(24)11-26-12-17(21)25/h3-9,11-13H,10H2,1-2H3,(H,28,29)(H,26,27,30). The Kier molecular flexibility index (Phi) is 6.11. The van der Waals surface area contributed by atoms with Crippen molar-refractivity contribution in [2.45, 2.75) is 19.3 Å². The molecule has 31 heavy (non-hydrogen) atoms. The lowest BCUT2D eigenvalue weighted by atomic mass is 10.0. The number of fused-ring (bicyclic) bond motifs is 1. The number of halogens is 2. The van der Waals surface area contributed by atoms with Gasteiger partial charge in [-0.1, -0.05) is 66.5 Å². The van der Waals surface area contributed by atoms with Crippen molar-refractivity contribution in [3.8, 4) is 5.75 Å². The summed E-state index contributed by atoms with van der Waals surface area (Å²) in [5.41, 5.74) is 3.69. The van der Waals surface area contributed by atoms with Crippen LogP contribution in [0.2, 0.25) is 10.0 Å². The van der Waals surface area contributed by atoms with Crippen molar-refractivity contribution in [3.63, 3.8) is 0 Å². The molecule has 0 aliphatic rings. The average molecular weight is 455 g/mol. The van der Waals surface area contributed by atoms with Crippen molar-refractivity contribution < 1.29 is 9.53 Å². The molecule has 2 N–H and O–H groups in total. The Morgan fingerprint density at radius 1 is 1.13 bits per heavy atom. The largest absolute Gasteiger partial charge is 0.494 e. The van der Waals surface area contributed by atoms with Gasteiger partial charge < -0.3 is 15.0 Å². The van der Waals surface area contributed by atoms with Gasteiger partial charge in [-0.15, -0.1) is 0 Å². The number of nitrogens with one attached hydrogen (secondary N) is 2. The van der Waals surface area contributed by atoms with Crippen molar-refractivity contribution in [2.75, 3.05) is 12.4 Å². The molecule has 1 unspecified atom stereocenters. The zero-order chi connectivity index (χ0) is 22.0. The van der Waals surface area contributed by atoms with Crippen LogP contribution in [0.1, 0.15) is 29.8 Å². The molecule has 0 spiro atoms. The fourth-order valence-corrected chi connectivity index (χ4v) is 3.90. The smallest absolute Gasteiger partial charge is 0.228 e. The van der Waals surface area contributed by atoms with Crippen molar-refractivity contribution in [1.82, 2.24) is 15.0 Å². The maximum Gasteiger partial charge on any atom is 0.228 e. The molecule has 2 heterocycles. The molecule has 8 heteroatoms. The third kappa shape index (κ3) is 4.36. The summed E-state index contributed by atoms with van der Waals surface area (Å²) >= 11 is 12.2. The summed E-state index contributed by atoms with van der Waals surface area (Å²) in [5, 5.41) is 3.32. The number of hydrogen-bond donors (Lipinski definition) is 2. The summed E-state index contributed by atoms with van der Waals surface area (Å²) in [4.78, 5) is 24.8. The van der Waals surface area contributed by atoms with Crippen LogP contribution in [0, 0.1) is 0 Å². The molecule has 0 fully saturated rings. The van der Waals surface area contributed by atoms with Gasteiger partial charge in [-0.25, -0.2) is 4.98 Å². The van der Waals surface area contributed by atoms with Crippen LogP contribution in [0.4, 0.5) is 5.69 Å². The van der Waals surface area contributed by atoms with E-state index in [1.54, 1.807) is 7.11 Å². The number of H-pyrrole nitrogens is 1. The van der Waals surface area contributed by atoms with Crippen molar-refractivity contribution in [3.05, 3.63) is 81.9 Å². The SMILES string of the molecule is COc1ccc(CC(=O)Nc2c(Cl)cncc2Cl)c2nc(C(C)c3ccccc3)[nH]c12. The van der Waals surface area contributed by atoms with E-state index in [2.05, 4.69) is 34.3 Å². The van der Waals surface area contributed by atoms with Crippen LogP contribution in [-0.2, 0) is 11.2 Å². The van der Waals surface area contributed by atoms with Gasteiger partial charge in [0.15, 0.2) is 0 Å². The van der Waals surface area contributed by atoms with Gasteiger partial charge in [0.2, 0.25) is 5.91 Å². The first-order valence-corrected chi connectivity index (χ1v) is 10.4. The topological polar surface area (TPSA) is 79.9 Å². The Morgan fingerprint density at radius 2 is 1.84 bits per heavy atom. The number of aromatic amines is 1. The molecule has 0 bridgehead atoms. The third-order valence-electron chi connectivity index (χ3n) is 5.11. The first-order chi connectivity index (χ1) is 15.0. The number of hydrogen-bond acceptors (Lipinski definition) is 4. The number of carbonyl (C=O) groups is 1. The highest BCUT2D eigenvalue weighted by molar-refractivity contribution is 6.39. The second-order valence-corrected chi connectivity index (χ2v) is 7.92. The Labute approximate surface area is 189 Å². The van der Waals surface area contributed by atoms with Gasteiger partial charge in [-0.2, -0.15) is 0 Å². The molecule has 4 rings (SSSR count). The van der Waals surface area contributed by atoms with Gasteiger partial charge in [-0.05, 0) is 17.2 Å². The predicted molar refractivity (Wildman–Crippen MR) is 123 cm³/mol. The Morgan fingerprint density at radius 3 is 2.52 bits per heavy atom. The molecule has 0 saturated heterocycles. The summed E-state index contributed by atoms with van der Waals surface area (Å²) in [5.74, 6) is 1.25. The minimum atomic E-state index is -0.262. The Hall–Kier alpha value is -3.09. The molecule has 4 aromatic rings. The second-order valence-electron chi connectivity index (χ2n) is 7.11. The van der Waals surface area contributed by atoms with E-state index in [1.165, 1.54) is 12.4 Å². The van der Waals surface area contributed by atoms with Gasteiger partial charge in [0, 0.05) is 18.3 Å². The molecule has 158 valence electrons. The first-order valence-electron chi connectivity index (χ1n) is 9.67. The molecular formula is C23H20Cl2N4O2. The first kappa shape index (κ1) is 21.2. The zero-order valence-electron chi connectivity index (χ0n) is 16.9. The molecule has 0 aliphatic carbocycles. The molecule has 2 aromatic heterocycles. The van der Waals surface area contributed by atoms with Gasteiger partial charge in [-0.3, -0.25) is 9.78 Å². The number of methoxy groups -OCH3 is 1. The van der Waals surface area contributed by atoms with Crippen LogP contribution < -0.4 is 10.1 Å². The van der Waals surface area contributed by atoms with Gasteiger partial charge in [0.25, 0.3) is 0 Å². The van der Waals surface area contributed by atoms with E-state index in [-0.39, 0.29) is 28.3 Å². The van der Waals surface area contributed by atoms with Crippen LogP contribution in [-0.4, -0.2) is 28.0 Å². The number of rotatable bonds is 6. The van der Waals surface area contributed by atoms with E-state index in [0.717, 1.165) is 22.5 Å². The van der Waals surface area contributed by atoms with E-state index in [9.17, 15) is 4.79 Å². The monoisotopic (exact) mass is 454 g/mol. The van der Waals surface area contributed by atoms with Crippen LogP contribution in [0.25, 0.3) is 11.0 Å². The summed E-state index contributed by atoms with van der Waals surface area (Å²) < 4.78 is 5.50. The van der Waals surface area contributed by atoms with E-state index in [0.29, 0.717) is 17.0 Å². The predicted octanol–water partition coefficient (Wildman–Crippen LogP) is 5.61. The van der Waals surface area contributed by atoms with Gasteiger partial charge in [0.05, 0.1) is 34.8 Å². The van der Waals surface area contributed by atoms with Crippen LogP contribution in [0.3, 0.4) is 0 Å². The number of ether oxygens (including phenoxy) is 1. The number of nitrogens with zero attached hydrogens (tertiary/aromatic N) is 2. The Bertz CT molecular complexity index is 1220. The molecule has 0 aliphatic heterocycles. The third-order valence-corrected chi connectivity index (χ3v) is 5.68. The van der Waals surface area contributed by atoms with Crippen LogP contribution in [0.15, 0.2) is 54.9 Å². The van der Waals surface area contributed by atoms with E-state index in [4.69, 9.17) is 32.9 Å². The molecular weight excluding hydrogens is 435 g/mol. The highest BCUT2D eigenvalue weighted by Crippen LogP contribution is 2.32. The summed E-state index contributed by atoms with van der Waals surface area (Å²) in [6.45, 7) is 2.08. The maximum absolute atomic E-state index is 12.7.